The zero-order valence-corrected chi connectivity index (χ0v) is 13.1. The maximum atomic E-state index is 12.6. The van der Waals surface area contributed by atoms with Gasteiger partial charge in [0, 0.05) is 23.0 Å². The Morgan fingerprint density at radius 2 is 2.14 bits per heavy atom. The van der Waals surface area contributed by atoms with Gasteiger partial charge < -0.3 is 10.3 Å². The normalized spacial score (nSPS) is 14.1. The Bertz CT molecular complexity index is 802. The number of carbonyl (C=O) groups is 1. The third-order valence-electron chi connectivity index (χ3n) is 4.27. The lowest BCUT2D eigenvalue weighted by atomic mass is 10.1. The van der Waals surface area contributed by atoms with E-state index in [4.69, 9.17) is 11.0 Å². The molecule has 0 aromatic carbocycles. The van der Waals surface area contributed by atoms with Crippen LogP contribution in [0.25, 0.3) is 0 Å². The van der Waals surface area contributed by atoms with Crippen molar-refractivity contribution in [3.05, 3.63) is 34.3 Å². The minimum Gasteiger partial charge on any atom is -0.383 e. The first-order valence-electron chi connectivity index (χ1n) is 7.38. The van der Waals surface area contributed by atoms with Crippen molar-refractivity contribution in [3.63, 3.8) is 0 Å². The molecule has 0 atom stereocenters. The van der Waals surface area contributed by atoms with Gasteiger partial charge in [0.1, 0.15) is 24.0 Å². The van der Waals surface area contributed by atoms with Crippen LogP contribution >= 0.6 is 0 Å². The quantitative estimate of drug-likeness (QED) is 0.877. The Labute approximate surface area is 129 Å². The van der Waals surface area contributed by atoms with E-state index in [9.17, 15) is 4.79 Å². The fourth-order valence-electron chi connectivity index (χ4n) is 3.03. The summed E-state index contributed by atoms with van der Waals surface area (Å²) in [4.78, 5) is 12.6. The highest BCUT2D eigenvalue weighted by atomic mass is 16.1. The molecule has 0 saturated heterocycles. The molecule has 6 heteroatoms. The van der Waals surface area contributed by atoms with E-state index < -0.39 is 0 Å². The van der Waals surface area contributed by atoms with E-state index in [1.807, 2.05) is 26.0 Å². The second kappa shape index (κ2) is 5.02. The molecule has 2 aromatic rings. The third-order valence-corrected chi connectivity index (χ3v) is 4.27. The molecule has 6 nitrogen and oxygen atoms in total. The highest BCUT2D eigenvalue weighted by molar-refractivity contribution is 5.97. The van der Waals surface area contributed by atoms with Crippen molar-refractivity contribution in [2.75, 3.05) is 5.73 Å². The predicted molar refractivity (Wildman–Crippen MR) is 82.6 cm³/mol. The van der Waals surface area contributed by atoms with Gasteiger partial charge in [-0.05, 0) is 39.7 Å². The molecule has 1 fully saturated rings. The molecule has 114 valence electrons. The lowest BCUT2D eigenvalue weighted by Crippen LogP contribution is -2.15. The Morgan fingerprint density at radius 1 is 1.45 bits per heavy atom. The summed E-state index contributed by atoms with van der Waals surface area (Å²) in [6.45, 7) is 5.79. The molecular weight excluding hydrogens is 278 g/mol. The van der Waals surface area contributed by atoms with Gasteiger partial charge in [0.25, 0.3) is 0 Å². The van der Waals surface area contributed by atoms with E-state index in [1.54, 1.807) is 6.92 Å². The van der Waals surface area contributed by atoms with Crippen LogP contribution < -0.4 is 5.73 Å². The van der Waals surface area contributed by atoms with Gasteiger partial charge in [-0.3, -0.25) is 4.79 Å². The Hall–Kier alpha value is -2.55. The number of hydrogen-bond acceptors (Lipinski definition) is 4. The SMILES string of the molecule is Cc1nn(CC(=O)c2cc(C)n(C3CC3)c2C)c(N)c1C#N. The zero-order valence-electron chi connectivity index (χ0n) is 13.1. The lowest BCUT2D eigenvalue weighted by molar-refractivity contribution is 0.0967. The molecule has 1 aliphatic rings. The third kappa shape index (κ3) is 2.19. The van der Waals surface area contributed by atoms with Gasteiger partial charge >= 0.3 is 0 Å². The summed E-state index contributed by atoms with van der Waals surface area (Å²) in [6, 6.07) is 4.50. The Balaban J connectivity index is 1.90. The second-order valence-corrected chi connectivity index (χ2v) is 5.92. The van der Waals surface area contributed by atoms with E-state index in [2.05, 4.69) is 9.67 Å². The smallest absolute Gasteiger partial charge is 0.186 e. The number of aromatic nitrogens is 3. The van der Waals surface area contributed by atoms with Crippen LogP contribution in [-0.4, -0.2) is 20.1 Å². The molecule has 0 unspecified atom stereocenters. The molecule has 2 heterocycles. The molecule has 0 amide bonds. The number of aryl methyl sites for hydroxylation is 2. The average Bonchev–Trinajstić information content (AvgIpc) is 3.19. The summed E-state index contributed by atoms with van der Waals surface area (Å²) in [5.74, 6) is 0.225. The van der Waals surface area contributed by atoms with Gasteiger partial charge in [0.05, 0.1) is 5.69 Å². The monoisotopic (exact) mass is 297 g/mol. The summed E-state index contributed by atoms with van der Waals surface area (Å²) in [5, 5.41) is 13.2. The van der Waals surface area contributed by atoms with Gasteiger partial charge in [-0.1, -0.05) is 0 Å². The fraction of sp³-hybridized carbons (Fsp3) is 0.438. The van der Waals surface area contributed by atoms with Crippen molar-refractivity contribution >= 4 is 11.6 Å². The number of carbonyl (C=O) groups excluding carboxylic acids is 1. The molecule has 2 aromatic heterocycles. The minimum atomic E-state index is -0.0290. The summed E-state index contributed by atoms with van der Waals surface area (Å²) in [5.41, 5.74) is 9.63. The second-order valence-electron chi connectivity index (χ2n) is 5.92. The lowest BCUT2D eigenvalue weighted by Gasteiger charge is -2.08. The van der Waals surface area contributed by atoms with Crippen LogP contribution in [0, 0.1) is 32.1 Å². The highest BCUT2D eigenvalue weighted by Crippen LogP contribution is 2.38. The molecule has 1 aliphatic carbocycles. The standard InChI is InChI=1S/C16H19N5O/c1-9-6-13(11(3)21(9)12-4-5-12)15(22)8-20-16(18)14(7-17)10(2)19-20/h6,12H,4-5,8,18H2,1-3H3. The zero-order chi connectivity index (χ0) is 16.0. The molecule has 3 rings (SSSR count). The molecule has 0 spiro atoms. The number of Topliss-reactive ketones (excluding diaryl/α,β-unsaturated/α-hetero) is 1. The largest absolute Gasteiger partial charge is 0.383 e. The molecule has 22 heavy (non-hydrogen) atoms. The summed E-state index contributed by atoms with van der Waals surface area (Å²) < 4.78 is 3.66. The minimum absolute atomic E-state index is 0.0290. The van der Waals surface area contributed by atoms with Crippen LogP contribution in [0.1, 0.15) is 51.9 Å². The van der Waals surface area contributed by atoms with Crippen molar-refractivity contribution in [1.29, 1.82) is 5.26 Å². The number of nitrogens with zero attached hydrogens (tertiary/aromatic N) is 4. The maximum Gasteiger partial charge on any atom is 0.186 e. The summed E-state index contributed by atoms with van der Waals surface area (Å²) in [6.07, 6.45) is 2.36. The van der Waals surface area contributed by atoms with Gasteiger partial charge in [0.2, 0.25) is 0 Å². The van der Waals surface area contributed by atoms with Crippen LogP contribution in [0.2, 0.25) is 0 Å². The van der Waals surface area contributed by atoms with Gasteiger partial charge in [-0.2, -0.15) is 10.4 Å². The number of hydrogen-bond donors (Lipinski definition) is 1. The Kier molecular flexibility index (Phi) is 3.28. The number of nitriles is 1. The number of ketones is 1. The maximum absolute atomic E-state index is 12.6. The molecular formula is C16H19N5O. The highest BCUT2D eigenvalue weighted by Gasteiger charge is 2.28. The first kappa shape index (κ1) is 14.4. The van der Waals surface area contributed by atoms with Gasteiger partial charge in [0.15, 0.2) is 5.78 Å². The van der Waals surface area contributed by atoms with E-state index in [1.165, 1.54) is 17.5 Å². The van der Waals surface area contributed by atoms with Crippen LogP contribution in [0.5, 0.6) is 0 Å². The average molecular weight is 297 g/mol. The predicted octanol–water partition coefficient (Wildman–Crippen LogP) is 2.28. The molecule has 0 radical (unpaired) electrons. The van der Waals surface area contributed by atoms with Crippen molar-refractivity contribution < 1.29 is 4.79 Å². The number of rotatable bonds is 4. The topological polar surface area (TPSA) is 89.6 Å². The fourth-order valence-corrected chi connectivity index (χ4v) is 3.03. The van der Waals surface area contributed by atoms with Crippen LogP contribution in [-0.2, 0) is 6.54 Å². The summed E-state index contributed by atoms with van der Waals surface area (Å²) >= 11 is 0. The molecule has 0 bridgehead atoms. The molecule has 0 aliphatic heterocycles. The van der Waals surface area contributed by atoms with E-state index in [-0.39, 0.29) is 18.1 Å². The molecule has 2 N–H and O–H groups in total. The van der Waals surface area contributed by atoms with Crippen molar-refractivity contribution in [3.8, 4) is 6.07 Å². The first-order chi connectivity index (χ1) is 10.4. The van der Waals surface area contributed by atoms with Crippen molar-refractivity contribution in [2.45, 2.75) is 46.2 Å². The molecule has 1 saturated carbocycles. The van der Waals surface area contributed by atoms with Crippen molar-refractivity contribution in [2.24, 2.45) is 0 Å². The van der Waals surface area contributed by atoms with E-state index in [0.29, 0.717) is 17.3 Å². The van der Waals surface area contributed by atoms with Crippen LogP contribution in [0.4, 0.5) is 5.82 Å². The summed E-state index contributed by atoms with van der Waals surface area (Å²) in [7, 11) is 0. The van der Waals surface area contributed by atoms with E-state index >= 15 is 0 Å². The van der Waals surface area contributed by atoms with Crippen molar-refractivity contribution in [1.82, 2.24) is 14.3 Å². The number of anilines is 1. The Morgan fingerprint density at radius 3 is 2.68 bits per heavy atom. The van der Waals surface area contributed by atoms with Crippen LogP contribution in [0.15, 0.2) is 6.07 Å². The van der Waals surface area contributed by atoms with Crippen LogP contribution in [0.3, 0.4) is 0 Å². The van der Waals surface area contributed by atoms with E-state index in [0.717, 1.165) is 17.0 Å². The number of nitrogen functional groups attached to an aromatic ring is 1. The number of nitrogens with two attached hydrogens (primary N) is 1. The van der Waals surface area contributed by atoms with Gasteiger partial charge in [-0.15, -0.1) is 0 Å². The first-order valence-corrected chi connectivity index (χ1v) is 7.38. The van der Waals surface area contributed by atoms with Gasteiger partial charge in [-0.25, -0.2) is 4.68 Å².